The summed E-state index contributed by atoms with van der Waals surface area (Å²) in [5, 5.41) is 3.25. The van der Waals surface area contributed by atoms with Gasteiger partial charge in [-0.25, -0.2) is 0 Å². The molecule has 1 fully saturated rings. The van der Waals surface area contributed by atoms with E-state index in [2.05, 4.69) is 33.4 Å². The molecule has 4 rings (SSSR count). The van der Waals surface area contributed by atoms with Crippen molar-refractivity contribution >= 4 is 11.6 Å². The third kappa shape index (κ3) is 3.93. The molecule has 1 aromatic heterocycles. The smallest absolute Gasteiger partial charge is 0.193 e. The van der Waals surface area contributed by atoms with E-state index in [1.54, 1.807) is 6.26 Å². The molecule has 26 heavy (non-hydrogen) atoms. The number of likely N-dealkylation sites (tertiary alicyclic amines) is 1. The summed E-state index contributed by atoms with van der Waals surface area (Å²) >= 11 is 0. The average Bonchev–Trinajstić information content (AvgIpc) is 3.34. The van der Waals surface area contributed by atoms with Crippen molar-refractivity contribution in [1.29, 1.82) is 0 Å². The summed E-state index contributed by atoms with van der Waals surface area (Å²) in [6, 6.07) is 10.7. The molecule has 2 heterocycles. The molecule has 1 aliphatic heterocycles. The monoisotopic (exact) mass is 352 g/mol. The van der Waals surface area contributed by atoms with Gasteiger partial charge >= 0.3 is 0 Å². The minimum Gasteiger partial charge on any atom is -0.468 e. The van der Waals surface area contributed by atoms with Crippen LogP contribution in [0, 0.1) is 0 Å². The van der Waals surface area contributed by atoms with Crippen LogP contribution in [0.15, 0.2) is 46.0 Å². The van der Waals surface area contributed by atoms with Crippen LogP contribution in [-0.4, -0.2) is 30.5 Å². The van der Waals surface area contributed by atoms with Crippen molar-refractivity contribution in [2.45, 2.75) is 44.6 Å². The summed E-state index contributed by atoms with van der Waals surface area (Å²) in [6.45, 7) is 2.80. The molecule has 0 saturated carbocycles. The van der Waals surface area contributed by atoms with Crippen LogP contribution in [-0.2, 0) is 12.8 Å². The van der Waals surface area contributed by atoms with Gasteiger partial charge in [-0.15, -0.1) is 0 Å². The van der Waals surface area contributed by atoms with Crippen molar-refractivity contribution in [2.75, 3.05) is 25.0 Å². The second kappa shape index (κ2) is 7.96. The SMILES string of the molecule is NC(=NCC(c1ccco1)N1CCCCC1)Nc1ccc2c(c1)CCC2. The highest BCUT2D eigenvalue weighted by molar-refractivity contribution is 5.92. The van der Waals surface area contributed by atoms with Gasteiger partial charge in [-0.2, -0.15) is 0 Å². The van der Waals surface area contributed by atoms with Crippen LogP contribution in [0.2, 0.25) is 0 Å². The van der Waals surface area contributed by atoms with Crippen molar-refractivity contribution in [2.24, 2.45) is 10.7 Å². The standard InChI is InChI=1S/C21H28N4O/c22-21(24-18-10-9-16-6-4-7-17(16)14-18)23-15-19(20-8-5-13-26-20)25-11-2-1-3-12-25/h5,8-10,13-14,19H,1-4,6-7,11-12,15H2,(H3,22,23,24). The Hall–Kier alpha value is -2.27. The number of aryl methyl sites for hydroxylation is 2. The first-order valence-electron chi connectivity index (χ1n) is 9.76. The normalized spacial score (nSPS) is 19.3. The Morgan fingerprint density at radius 3 is 2.77 bits per heavy atom. The zero-order valence-electron chi connectivity index (χ0n) is 15.3. The van der Waals surface area contributed by atoms with Crippen molar-refractivity contribution in [3.63, 3.8) is 0 Å². The predicted molar refractivity (Wildman–Crippen MR) is 105 cm³/mol. The number of guanidine groups is 1. The van der Waals surface area contributed by atoms with E-state index in [0.717, 1.165) is 31.0 Å². The molecule has 3 N–H and O–H groups in total. The number of rotatable bonds is 5. The van der Waals surface area contributed by atoms with Gasteiger partial charge in [0.1, 0.15) is 5.76 Å². The number of anilines is 1. The van der Waals surface area contributed by atoms with Crippen molar-refractivity contribution in [3.05, 3.63) is 53.5 Å². The Balaban J connectivity index is 1.43. The second-order valence-corrected chi connectivity index (χ2v) is 7.32. The number of hydrogen-bond acceptors (Lipinski definition) is 3. The molecule has 2 aromatic rings. The number of nitrogens with zero attached hydrogens (tertiary/aromatic N) is 2. The topological polar surface area (TPSA) is 66.8 Å². The van der Waals surface area contributed by atoms with E-state index in [1.807, 2.05) is 12.1 Å². The molecule has 5 nitrogen and oxygen atoms in total. The lowest BCUT2D eigenvalue weighted by molar-refractivity contribution is 0.150. The van der Waals surface area contributed by atoms with Crippen LogP contribution in [0.3, 0.4) is 0 Å². The van der Waals surface area contributed by atoms with E-state index in [0.29, 0.717) is 12.5 Å². The summed E-state index contributed by atoms with van der Waals surface area (Å²) in [7, 11) is 0. The number of nitrogens with one attached hydrogen (secondary N) is 1. The van der Waals surface area contributed by atoms with Gasteiger partial charge < -0.3 is 15.5 Å². The number of piperidine rings is 1. The van der Waals surface area contributed by atoms with E-state index in [9.17, 15) is 0 Å². The first-order chi connectivity index (χ1) is 12.8. The summed E-state index contributed by atoms with van der Waals surface area (Å²) in [6.07, 6.45) is 9.14. The van der Waals surface area contributed by atoms with Crippen molar-refractivity contribution in [3.8, 4) is 0 Å². The second-order valence-electron chi connectivity index (χ2n) is 7.32. The van der Waals surface area contributed by atoms with E-state index >= 15 is 0 Å². The van der Waals surface area contributed by atoms with Gasteiger partial charge in [0.25, 0.3) is 0 Å². The van der Waals surface area contributed by atoms with Gasteiger partial charge in [0.15, 0.2) is 5.96 Å². The molecule has 0 spiro atoms. The Labute approximate surface area is 155 Å². The molecular formula is C21H28N4O. The number of hydrogen-bond donors (Lipinski definition) is 2. The fourth-order valence-electron chi connectivity index (χ4n) is 4.12. The van der Waals surface area contributed by atoms with Crippen molar-refractivity contribution in [1.82, 2.24) is 4.90 Å². The van der Waals surface area contributed by atoms with Crippen LogP contribution < -0.4 is 11.1 Å². The Morgan fingerprint density at radius 1 is 1.12 bits per heavy atom. The molecule has 0 bridgehead atoms. The lowest BCUT2D eigenvalue weighted by atomic mass is 10.1. The number of benzene rings is 1. The molecule has 0 amide bonds. The lowest BCUT2D eigenvalue weighted by Gasteiger charge is -2.32. The zero-order chi connectivity index (χ0) is 17.8. The molecule has 138 valence electrons. The number of aliphatic imine (C=N–C) groups is 1. The summed E-state index contributed by atoms with van der Waals surface area (Å²) in [5.41, 5.74) is 10.1. The van der Waals surface area contributed by atoms with Crippen LogP contribution in [0.5, 0.6) is 0 Å². The highest BCUT2D eigenvalue weighted by Gasteiger charge is 2.24. The zero-order valence-corrected chi connectivity index (χ0v) is 15.3. The predicted octanol–water partition coefficient (Wildman–Crippen LogP) is 3.72. The Kier molecular flexibility index (Phi) is 5.25. The highest BCUT2D eigenvalue weighted by atomic mass is 16.3. The van der Waals surface area contributed by atoms with Gasteiger partial charge in [0, 0.05) is 5.69 Å². The maximum Gasteiger partial charge on any atom is 0.193 e. The lowest BCUT2D eigenvalue weighted by Crippen LogP contribution is -2.36. The van der Waals surface area contributed by atoms with Gasteiger partial charge in [0.2, 0.25) is 0 Å². The Bertz CT molecular complexity index is 747. The molecule has 1 aliphatic carbocycles. The largest absolute Gasteiger partial charge is 0.468 e. The van der Waals surface area contributed by atoms with Gasteiger partial charge in [-0.1, -0.05) is 12.5 Å². The molecule has 5 heteroatoms. The number of nitrogens with two attached hydrogens (primary N) is 1. The van der Waals surface area contributed by atoms with Crippen molar-refractivity contribution < 1.29 is 4.42 Å². The van der Waals surface area contributed by atoms with Crippen LogP contribution >= 0.6 is 0 Å². The minimum absolute atomic E-state index is 0.158. The molecule has 0 radical (unpaired) electrons. The summed E-state index contributed by atoms with van der Waals surface area (Å²) < 4.78 is 5.68. The first-order valence-corrected chi connectivity index (χ1v) is 9.76. The van der Waals surface area contributed by atoms with E-state index in [4.69, 9.17) is 10.2 Å². The quantitative estimate of drug-likeness (QED) is 0.636. The van der Waals surface area contributed by atoms with Crippen LogP contribution in [0.25, 0.3) is 0 Å². The summed E-state index contributed by atoms with van der Waals surface area (Å²) in [5.74, 6) is 1.44. The average molecular weight is 352 g/mol. The minimum atomic E-state index is 0.158. The number of fused-ring (bicyclic) bond motifs is 1. The molecule has 1 unspecified atom stereocenters. The molecule has 2 aliphatic rings. The fraction of sp³-hybridized carbons (Fsp3) is 0.476. The highest BCUT2D eigenvalue weighted by Crippen LogP contribution is 2.26. The molecule has 1 aromatic carbocycles. The van der Waals surface area contributed by atoms with Gasteiger partial charge in [-0.05, 0) is 80.6 Å². The molecule has 1 saturated heterocycles. The molecule has 1 atom stereocenters. The van der Waals surface area contributed by atoms with E-state index in [1.165, 1.54) is 43.2 Å². The maximum absolute atomic E-state index is 6.17. The molecular weight excluding hydrogens is 324 g/mol. The summed E-state index contributed by atoms with van der Waals surface area (Å²) in [4.78, 5) is 7.09. The third-order valence-corrected chi connectivity index (χ3v) is 5.51. The fourth-order valence-corrected chi connectivity index (χ4v) is 4.12. The number of furan rings is 1. The van der Waals surface area contributed by atoms with E-state index < -0.39 is 0 Å². The maximum atomic E-state index is 6.17. The third-order valence-electron chi connectivity index (χ3n) is 5.51. The van der Waals surface area contributed by atoms with Crippen LogP contribution in [0.1, 0.15) is 48.6 Å². The van der Waals surface area contributed by atoms with Gasteiger partial charge in [0.05, 0.1) is 18.8 Å². The van der Waals surface area contributed by atoms with E-state index in [-0.39, 0.29) is 6.04 Å². The van der Waals surface area contributed by atoms with Crippen LogP contribution in [0.4, 0.5) is 5.69 Å². The van der Waals surface area contributed by atoms with Gasteiger partial charge in [-0.3, -0.25) is 9.89 Å². The first kappa shape index (κ1) is 17.2. The Morgan fingerprint density at radius 2 is 1.96 bits per heavy atom.